The largest absolute Gasteiger partial charge is 0.466 e. The fourth-order valence-corrected chi connectivity index (χ4v) is 5.76. The van der Waals surface area contributed by atoms with Gasteiger partial charge in [0.2, 0.25) is 0 Å². The zero-order valence-corrected chi connectivity index (χ0v) is 18.2. The number of rotatable bonds is 3. The molecule has 1 N–H and O–H groups in total. The number of pyridine rings is 1. The normalized spacial score (nSPS) is 25.7. The molecule has 7 heteroatoms. The Hall–Kier alpha value is -2.93. The van der Waals surface area contributed by atoms with E-state index >= 15 is 0 Å². The molecule has 2 bridgehead atoms. The van der Waals surface area contributed by atoms with E-state index in [9.17, 15) is 5.11 Å². The van der Waals surface area contributed by atoms with Crippen molar-refractivity contribution in [3.63, 3.8) is 0 Å². The van der Waals surface area contributed by atoms with Gasteiger partial charge in [-0.05, 0) is 56.9 Å². The molecule has 3 atom stereocenters. The van der Waals surface area contributed by atoms with Crippen LogP contribution in [0.1, 0.15) is 55.3 Å². The van der Waals surface area contributed by atoms with Crippen molar-refractivity contribution in [2.24, 2.45) is 0 Å². The molecule has 6 rings (SSSR count). The maximum atomic E-state index is 11.4. The summed E-state index contributed by atoms with van der Waals surface area (Å²) >= 11 is 0. The molecule has 4 aromatic heterocycles. The van der Waals surface area contributed by atoms with Crippen LogP contribution >= 0.6 is 0 Å². The van der Waals surface area contributed by atoms with Crippen LogP contribution in [0, 0.1) is 13.8 Å². The van der Waals surface area contributed by atoms with Gasteiger partial charge in [-0.25, -0.2) is 9.97 Å². The number of aryl methyl sites for hydroxylation is 3. The van der Waals surface area contributed by atoms with E-state index in [1.54, 1.807) is 6.26 Å². The second-order valence-corrected chi connectivity index (χ2v) is 9.18. The molecule has 160 valence electrons. The van der Waals surface area contributed by atoms with E-state index < -0.39 is 5.60 Å². The van der Waals surface area contributed by atoms with Crippen molar-refractivity contribution in [1.82, 2.24) is 19.6 Å². The zero-order valence-electron chi connectivity index (χ0n) is 18.2. The molecule has 2 fully saturated rings. The maximum absolute atomic E-state index is 11.4. The van der Waals surface area contributed by atoms with Crippen LogP contribution in [0.5, 0.6) is 0 Å². The summed E-state index contributed by atoms with van der Waals surface area (Å²) in [5.74, 6) is 1.74. The van der Waals surface area contributed by atoms with Crippen LogP contribution in [-0.2, 0) is 12.0 Å². The monoisotopic (exact) mass is 417 g/mol. The van der Waals surface area contributed by atoms with Gasteiger partial charge in [0.1, 0.15) is 17.2 Å². The third kappa shape index (κ3) is 2.72. The minimum absolute atomic E-state index is 0.229. The first-order valence-electron chi connectivity index (χ1n) is 11.2. The molecule has 4 aromatic rings. The van der Waals surface area contributed by atoms with Crippen molar-refractivity contribution in [1.29, 1.82) is 0 Å². The lowest BCUT2D eigenvalue weighted by molar-refractivity contribution is -0.0222. The van der Waals surface area contributed by atoms with Gasteiger partial charge in [-0.2, -0.15) is 4.52 Å². The highest BCUT2D eigenvalue weighted by Crippen LogP contribution is 2.47. The van der Waals surface area contributed by atoms with E-state index in [0.717, 1.165) is 58.7 Å². The highest BCUT2D eigenvalue weighted by molar-refractivity contribution is 5.93. The summed E-state index contributed by atoms with van der Waals surface area (Å²) in [5.41, 5.74) is 3.88. The Labute approximate surface area is 180 Å². The molecule has 0 aliphatic carbocycles. The Bertz CT molecular complexity index is 1280. The number of fused-ring (bicyclic) bond motifs is 5. The van der Waals surface area contributed by atoms with Gasteiger partial charge >= 0.3 is 0 Å². The maximum Gasteiger partial charge on any atom is 0.184 e. The van der Waals surface area contributed by atoms with E-state index in [0.29, 0.717) is 18.6 Å². The lowest BCUT2D eigenvalue weighted by atomic mass is 9.84. The molecule has 0 amide bonds. The van der Waals surface area contributed by atoms with Crippen molar-refractivity contribution in [2.75, 3.05) is 4.90 Å². The zero-order chi connectivity index (χ0) is 21.3. The fraction of sp³-hybridized carbons (Fsp3) is 0.458. The number of nitrogens with zero attached hydrogens (tertiary/aromatic N) is 5. The predicted molar refractivity (Wildman–Crippen MR) is 118 cm³/mol. The van der Waals surface area contributed by atoms with E-state index in [2.05, 4.69) is 35.9 Å². The van der Waals surface area contributed by atoms with Crippen LogP contribution in [0.4, 0.5) is 5.82 Å². The van der Waals surface area contributed by atoms with Gasteiger partial charge in [0.25, 0.3) is 0 Å². The van der Waals surface area contributed by atoms with Crippen LogP contribution in [0.2, 0.25) is 0 Å². The minimum atomic E-state index is -0.907. The number of furan rings is 1. The first kappa shape index (κ1) is 18.8. The van der Waals surface area contributed by atoms with Crippen molar-refractivity contribution in [3.05, 3.63) is 53.2 Å². The Morgan fingerprint density at radius 1 is 1.16 bits per heavy atom. The average Bonchev–Trinajstić information content (AvgIpc) is 3.44. The predicted octanol–water partition coefficient (Wildman–Crippen LogP) is 4.07. The molecule has 31 heavy (non-hydrogen) atoms. The summed E-state index contributed by atoms with van der Waals surface area (Å²) in [6.07, 6.45) is 5.91. The molecule has 2 aliphatic rings. The lowest BCUT2D eigenvalue weighted by Gasteiger charge is -2.44. The van der Waals surface area contributed by atoms with E-state index in [1.807, 2.05) is 23.6 Å². The van der Waals surface area contributed by atoms with Gasteiger partial charge < -0.3 is 14.4 Å². The summed E-state index contributed by atoms with van der Waals surface area (Å²) in [5, 5.41) is 17.3. The fourth-order valence-electron chi connectivity index (χ4n) is 5.76. The van der Waals surface area contributed by atoms with Crippen LogP contribution in [0.25, 0.3) is 16.7 Å². The SMILES string of the molecule is CCc1cc(N2[C@@H]3CC[C@H]2CC(O)(c2ccco2)C3)n2nc3nc(C)cc(C)c3c2n1. The van der Waals surface area contributed by atoms with E-state index in [-0.39, 0.29) is 12.1 Å². The summed E-state index contributed by atoms with van der Waals surface area (Å²) in [7, 11) is 0. The van der Waals surface area contributed by atoms with Gasteiger partial charge in [0.15, 0.2) is 11.3 Å². The van der Waals surface area contributed by atoms with Gasteiger partial charge in [0, 0.05) is 42.4 Å². The third-order valence-corrected chi connectivity index (χ3v) is 7.08. The molecular weight excluding hydrogens is 390 g/mol. The summed E-state index contributed by atoms with van der Waals surface area (Å²) in [6, 6.07) is 8.47. The topological polar surface area (TPSA) is 79.7 Å². The van der Waals surface area contributed by atoms with E-state index in [1.165, 1.54) is 0 Å². The first-order valence-corrected chi connectivity index (χ1v) is 11.2. The molecule has 0 spiro atoms. The highest BCUT2D eigenvalue weighted by Gasteiger charge is 2.50. The summed E-state index contributed by atoms with van der Waals surface area (Å²) in [4.78, 5) is 12.1. The number of piperidine rings is 1. The Morgan fingerprint density at radius 3 is 2.61 bits per heavy atom. The Morgan fingerprint density at radius 2 is 1.94 bits per heavy atom. The number of anilines is 1. The molecule has 2 aliphatic heterocycles. The molecule has 7 nitrogen and oxygen atoms in total. The van der Waals surface area contributed by atoms with Crippen LogP contribution < -0.4 is 4.90 Å². The lowest BCUT2D eigenvalue weighted by Crippen LogP contribution is -2.50. The summed E-state index contributed by atoms with van der Waals surface area (Å²) in [6.45, 7) is 6.24. The first-order chi connectivity index (χ1) is 15.0. The van der Waals surface area contributed by atoms with Gasteiger partial charge in [-0.15, -0.1) is 5.10 Å². The van der Waals surface area contributed by atoms with Gasteiger partial charge in [0.05, 0.1) is 11.6 Å². The molecule has 0 aromatic carbocycles. The van der Waals surface area contributed by atoms with Crippen molar-refractivity contribution >= 4 is 22.5 Å². The van der Waals surface area contributed by atoms with Crippen molar-refractivity contribution < 1.29 is 9.52 Å². The highest BCUT2D eigenvalue weighted by atomic mass is 16.4. The van der Waals surface area contributed by atoms with Gasteiger partial charge in [-0.1, -0.05) is 6.92 Å². The Balaban J connectivity index is 1.51. The van der Waals surface area contributed by atoms with Gasteiger partial charge in [-0.3, -0.25) is 0 Å². The number of hydrogen-bond donors (Lipinski definition) is 1. The Kier molecular flexibility index (Phi) is 3.96. The minimum Gasteiger partial charge on any atom is -0.466 e. The quantitative estimate of drug-likeness (QED) is 0.541. The smallest absolute Gasteiger partial charge is 0.184 e. The van der Waals surface area contributed by atoms with Crippen LogP contribution in [0.15, 0.2) is 34.9 Å². The molecule has 0 saturated carbocycles. The van der Waals surface area contributed by atoms with Crippen LogP contribution in [0.3, 0.4) is 0 Å². The van der Waals surface area contributed by atoms with Crippen LogP contribution in [-0.4, -0.2) is 36.8 Å². The number of hydrogen-bond acceptors (Lipinski definition) is 6. The molecule has 2 saturated heterocycles. The number of aromatic nitrogens is 4. The summed E-state index contributed by atoms with van der Waals surface area (Å²) < 4.78 is 7.59. The van der Waals surface area contributed by atoms with Crippen molar-refractivity contribution in [3.8, 4) is 0 Å². The molecular formula is C24H27N5O2. The average molecular weight is 418 g/mol. The second kappa shape index (κ2) is 6.53. The molecule has 6 heterocycles. The standard InChI is InChI=1S/C24H27N5O2/c1-4-16-11-20(29-23(26-16)21-14(2)10-15(3)25-22(21)27-29)28-17-7-8-18(28)13-24(30,12-17)19-6-5-9-31-19/h5-6,9-11,17-18,30H,4,7-8,12-13H2,1-3H3/t17-,18+,24?. The number of aliphatic hydroxyl groups is 1. The second-order valence-electron chi connectivity index (χ2n) is 9.18. The molecule has 1 unspecified atom stereocenters. The van der Waals surface area contributed by atoms with Crippen molar-refractivity contribution in [2.45, 2.75) is 70.6 Å². The van der Waals surface area contributed by atoms with E-state index in [4.69, 9.17) is 14.5 Å². The third-order valence-electron chi connectivity index (χ3n) is 7.08. The molecule has 0 radical (unpaired) electrons.